The fourth-order valence-electron chi connectivity index (χ4n) is 3.79. The molecule has 0 radical (unpaired) electrons. The number of hydrogen-bond acceptors (Lipinski definition) is 4. The van der Waals surface area contributed by atoms with Crippen LogP contribution in [0.25, 0.3) is 0 Å². The van der Waals surface area contributed by atoms with Crippen LogP contribution in [0.1, 0.15) is 73.4 Å². The fourth-order valence-corrected chi connectivity index (χ4v) is 3.79. The zero-order valence-corrected chi connectivity index (χ0v) is 19.3. The van der Waals surface area contributed by atoms with Crippen LogP contribution in [0, 0.1) is 0 Å². The standard InChI is InChI=1S/C28H34N2O2/c1-3-5-17-27-29-25(20-22-13-8-6-9-14-22)24(18-19-32-28(31)12-4-2)26(30-27)21-23-15-10-7-11-16-23/h6-11,13-16H,3-5,12,17-21H2,1-2H3. The molecule has 0 aliphatic rings. The number of esters is 1. The van der Waals surface area contributed by atoms with Crippen molar-refractivity contribution in [1.82, 2.24) is 9.97 Å². The van der Waals surface area contributed by atoms with Gasteiger partial charge in [-0.3, -0.25) is 4.79 Å². The van der Waals surface area contributed by atoms with Gasteiger partial charge in [0.2, 0.25) is 0 Å². The number of ether oxygens (including phenoxy) is 1. The first kappa shape index (κ1) is 23.6. The molecular formula is C28H34N2O2. The van der Waals surface area contributed by atoms with Crippen molar-refractivity contribution >= 4 is 5.97 Å². The summed E-state index contributed by atoms with van der Waals surface area (Å²) in [6, 6.07) is 20.8. The lowest BCUT2D eigenvalue weighted by Crippen LogP contribution is -2.15. The van der Waals surface area contributed by atoms with Crippen molar-refractivity contribution in [2.24, 2.45) is 0 Å². The van der Waals surface area contributed by atoms with Gasteiger partial charge in [-0.2, -0.15) is 0 Å². The fraction of sp³-hybridized carbons (Fsp3) is 0.393. The van der Waals surface area contributed by atoms with Crippen molar-refractivity contribution in [3.8, 4) is 0 Å². The molecule has 1 heterocycles. The number of carbonyl (C=O) groups is 1. The van der Waals surface area contributed by atoms with Crippen LogP contribution in [0.2, 0.25) is 0 Å². The predicted molar refractivity (Wildman–Crippen MR) is 129 cm³/mol. The number of rotatable bonds is 12. The lowest BCUT2D eigenvalue weighted by molar-refractivity contribution is -0.143. The highest BCUT2D eigenvalue weighted by Crippen LogP contribution is 2.21. The van der Waals surface area contributed by atoms with E-state index >= 15 is 0 Å². The smallest absolute Gasteiger partial charge is 0.305 e. The topological polar surface area (TPSA) is 52.1 Å². The highest BCUT2D eigenvalue weighted by atomic mass is 16.5. The zero-order chi connectivity index (χ0) is 22.6. The van der Waals surface area contributed by atoms with E-state index in [1.807, 2.05) is 19.1 Å². The summed E-state index contributed by atoms with van der Waals surface area (Å²) in [6.07, 6.45) is 6.46. The van der Waals surface area contributed by atoms with Gasteiger partial charge in [0, 0.05) is 32.1 Å². The number of carbonyl (C=O) groups excluding carboxylic acids is 1. The number of aryl methyl sites for hydroxylation is 1. The summed E-state index contributed by atoms with van der Waals surface area (Å²) in [7, 11) is 0. The van der Waals surface area contributed by atoms with E-state index in [2.05, 4.69) is 55.5 Å². The second-order valence-corrected chi connectivity index (χ2v) is 8.16. The third kappa shape index (κ3) is 7.30. The molecule has 3 rings (SSSR count). The lowest BCUT2D eigenvalue weighted by Gasteiger charge is -2.16. The van der Waals surface area contributed by atoms with Crippen molar-refractivity contribution in [2.75, 3.05) is 6.61 Å². The second kappa shape index (κ2) is 12.7. The van der Waals surface area contributed by atoms with E-state index in [0.717, 1.165) is 61.3 Å². The Labute approximate surface area is 192 Å². The van der Waals surface area contributed by atoms with Gasteiger partial charge in [-0.05, 0) is 29.5 Å². The van der Waals surface area contributed by atoms with Crippen LogP contribution < -0.4 is 0 Å². The average molecular weight is 431 g/mol. The van der Waals surface area contributed by atoms with Gasteiger partial charge in [0.05, 0.1) is 18.0 Å². The molecular weight excluding hydrogens is 396 g/mol. The van der Waals surface area contributed by atoms with E-state index in [0.29, 0.717) is 19.4 Å². The molecule has 0 fully saturated rings. The first-order chi connectivity index (χ1) is 15.7. The van der Waals surface area contributed by atoms with Gasteiger partial charge in [0.1, 0.15) is 5.82 Å². The average Bonchev–Trinajstić information content (AvgIpc) is 2.81. The quantitative estimate of drug-likeness (QED) is 0.336. The highest BCUT2D eigenvalue weighted by Gasteiger charge is 2.16. The number of nitrogens with zero attached hydrogens (tertiary/aromatic N) is 2. The maximum absolute atomic E-state index is 11.9. The third-order valence-electron chi connectivity index (χ3n) is 5.48. The van der Waals surface area contributed by atoms with Gasteiger partial charge < -0.3 is 4.74 Å². The van der Waals surface area contributed by atoms with Crippen molar-refractivity contribution in [3.63, 3.8) is 0 Å². The number of aromatic nitrogens is 2. The Bertz CT molecular complexity index is 909. The molecule has 0 atom stereocenters. The summed E-state index contributed by atoms with van der Waals surface area (Å²) in [4.78, 5) is 21.9. The maximum Gasteiger partial charge on any atom is 0.305 e. The molecule has 0 spiro atoms. The summed E-state index contributed by atoms with van der Waals surface area (Å²) in [5, 5.41) is 0. The Hall–Kier alpha value is -3.01. The maximum atomic E-state index is 11.9. The Balaban J connectivity index is 1.95. The molecule has 1 aromatic heterocycles. The van der Waals surface area contributed by atoms with Crippen molar-refractivity contribution in [2.45, 2.75) is 65.2 Å². The predicted octanol–water partition coefficient (Wildman–Crippen LogP) is 5.89. The van der Waals surface area contributed by atoms with E-state index in [9.17, 15) is 4.79 Å². The van der Waals surface area contributed by atoms with Crippen molar-refractivity contribution in [3.05, 3.63) is 94.6 Å². The number of hydrogen-bond donors (Lipinski definition) is 0. The highest BCUT2D eigenvalue weighted by molar-refractivity contribution is 5.69. The molecule has 0 bridgehead atoms. The van der Waals surface area contributed by atoms with E-state index in [1.54, 1.807) is 0 Å². The summed E-state index contributed by atoms with van der Waals surface area (Å²) in [5.41, 5.74) is 5.66. The summed E-state index contributed by atoms with van der Waals surface area (Å²) in [6.45, 7) is 4.54. The molecule has 0 saturated carbocycles. The van der Waals surface area contributed by atoms with Gasteiger partial charge in [-0.25, -0.2) is 9.97 Å². The molecule has 0 unspecified atom stereocenters. The van der Waals surface area contributed by atoms with Crippen LogP contribution in [-0.4, -0.2) is 22.5 Å². The molecule has 32 heavy (non-hydrogen) atoms. The Morgan fingerprint density at radius 1 is 0.781 bits per heavy atom. The van der Waals surface area contributed by atoms with Crippen LogP contribution in [0.3, 0.4) is 0 Å². The molecule has 2 aromatic carbocycles. The summed E-state index contributed by atoms with van der Waals surface area (Å²) in [5.74, 6) is 0.776. The number of benzene rings is 2. The lowest BCUT2D eigenvalue weighted by atomic mass is 9.97. The Kier molecular flexibility index (Phi) is 9.42. The molecule has 0 aliphatic heterocycles. The van der Waals surface area contributed by atoms with Crippen molar-refractivity contribution < 1.29 is 9.53 Å². The molecule has 168 valence electrons. The van der Waals surface area contributed by atoms with Crippen LogP contribution in [0.15, 0.2) is 60.7 Å². The summed E-state index contributed by atoms with van der Waals surface area (Å²) >= 11 is 0. The molecule has 4 nitrogen and oxygen atoms in total. The third-order valence-corrected chi connectivity index (χ3v) is 5.48. The monoisotopic (exact) mass is 430 g/mol. The van der Waals surface area contributed by atoms with Crippen LogP contribution in [0.5, 0.6) is 0 Å². The van der Waals surface area contributed by atoms with Gasteiger partial charge in [0.15, 0.2) is 0 Å². The Morgan fingerprint density at radius 3 is 1.84 bits per heavy atom. The first-order valence-corrected chi connectivity index (χ1v) is 11.8. The van der Waals surface area contributed by atoms with Crippen LogP contribution in [-0.2, 0) is 35.2 Å². The minimum absolute atomic E-state index is 0.137. The molecule has 4 heteroatoms. The van der Waals surface area contributed by atoms with Gasteiger partial charge in [-0.1, -0.05) is 80.9 Å². The molecule has 0 aliphatic carbocycles. The second-order valence-electron chi connectivity index (χ2n) is 8.16. The molecule has 3 aromatic rings. The first-order valence-electron chi connectivity index (χ1n) is 11.8. The minimum Gasteiger partial charge on any atom is -0.465 e. The molecule has 0 amide bonds. The molecule has 0 N–H and O–H groups in total. The van der Waals surface area contributed by atoms with Crippen LogP contribution in [0.4, 0.5) is 0 Å². The van der Waals surface area contributed by atoms with E-state index in [4.69, 9.17) is 14.7 Å². The van der Waals surface area contributed by atoms with Crippen LogP contribution >= 0.6 is 0 Å². The largest absolute Gasteiger partial charge is 0.465 e. The molecule has 0 saturated heterocycles. The van der Waals surface area contributed by atoms with E-state index < -0.39 is 0 Å². The zero-order valence-electron chi connectivity index (χ0n) is 19.3. The SMILES string of the molecule is CCCCc1nc(Cc2ccccc2)c(CCOC(=O)CCC)c(Cc2ccccc2)n1. The van der Waals surface area contributed by atoms with Gasteiger partial charge in [-0.15, -0.1) is 0 Å². The minimum atomic E-state index is -0.137. The van der Waals surface area contributed by atoms with E-state index in [-0.39, 0.29) is 5.97 Å². The summed E-state index contributed by atoms with van der Waals surface area (Å²) < 4.78 is 5.50. The Morgan fingerprint density at radius 2 is 1.34 bits per heavy atom. The van der Waals surface area contributed by atoms with Crippen molar-refractivity contribution in [1.29, 1.82) is 0 Å². The van der Waals surface area contributed by atoms with Gasteiger partial charge in [0.25, 0.3) is 0 Å². The normalized spacial score (nSPS) is 10.8. The van der Waals surface area contributed by atoms with Gasteiger partial charge >= 0.3 is 5.97 Å². The number of unbranched alkanes of at least 4 members (excludes halogenated alkanes) is 1. The van der Waals surface area contributed by atoms with E-state index in [1.165, 1.54) is 11.1 Å².